The number of unbranched alkanes of at least 4 members (excludes halogenated alkanes) is 7. The van der Waals surface area contributed by atoms with Crippen LogP contribution in [0.2, 0.25) is 0 Å². The first kappa shape index (κ1) is 27.1. The summed E-state index contributed by atoms with van der Waals surface area (Å²) in [5, 5.41) is 16.0. The first-order valence-electron chi connectivity index (χ1n) is 11.2. The van der Waals surface area contributed by atoms with Gasteiger partial charge in [-0.3, -0.25) is 4.79 Å². The van der Waals surface area contributed by atoms with Crippen molar-refractivity contribution in [1.29, 1.82) is 0 Å². The summed E-state index contributed by atoms with van der Waals surface area (Å²) < 4.78 is 5.19. The highest BCUT2D eigenvalue weighted by atomic mass is 35.5. The van der Waals surface area contributed by atoms with Crippen molar-refractivity contribution >= 4 is 18.3 Å². The molecule has 1 atom stereocenters. The molecule has 7 nitrogen and oxygen atoms in total. The number of carbonyl (C=O) groups is 1. The van der Waals surface area contributed by atoms with Crippen LogP contribution in [0.15, 0.2) is 28.8 Å². The molecule has 0 saturated carbocycles. The molecule has 31 heavy (non-hydrogen) atoms. The van der Waals surface area contributed by atoms with E-state index in [1.807, 2.05) is 12.1 Å². The maximum Gasteiger partial charge on any atom is 0.246 e. The van der Waals surface area contributed by atoms with E-state index in [2.05, 4.69) is 34.5 Å². The van der Waals surface area contributed by atoms with E-state index < -0.39 is 6.10 Å². The Bertz CT molecular complexity index is 737. The minimum absolute atomic E-state index is 0. The Kier molecular flexibility index (Phi) is 13.8. The number of nitrogens with zero attached hydrogens (tertiary/aromatic N) is 2. The summed E-state index contributed by atoms with van der Waals surface area (Å²) >= 11 is 0. The molecule has 2 rings (SSSR count). The van der Waals surface area contributed by atoms with Crippen molar-refractivity contribution in [1.82, 2.24) is 15.5 Å². The number of amides is 1. The average molecular weight is 453 g/mol. The number of aromatic nitrogens is 2. The number of aliphatic hydroxyl groups excluding tert-OH is 1. The number of hydrogen-bond donors (Lipinski definition) is 3. The van der Waals surface area contributed by atoms with Gasteiger partial charge in [0.15, 0.2) is 0 Å². The SMILES string of the molecule is CCCCCCCCCCc1ccc(-c2noc(CNC(=O)CC(O)CN)n2)cc1.Cl. The molecule has 1 aromatic heterocycles. The summed E-state index contributed by atoms with van der Waals surface area (Å²) in [6.45, 7) is 2.42. The standard InChI is InChI=1S/C23H36N4O3.ClH/c1-2-3-4-5-6-7-8-9-10-18-11-13-19(14-12-18)23-26-22(30-27-23)17-25-21(29)15-20(28)16-24;/h11-14,20,28H,2-10,15-17,24H2,1H3,(H,25,29);1H. The molecule has 0 aliphatic carbocycles. The fraction of sp³-hybridized carbons (Fsp3) is 0.609. The lowest BCUT2D eigenvalue weighted by atomic mass is 10.0. The van der Waals surface area contributed by atoms with Gasteiger partial charge >= 0.3 is 0 Å². The Labute approximate surface area is 191 Å². The van der Waals surface area contributed by atoms with Gasteiger partial charge in [-0.2, -0.15) is 4.98 Å². The minimum Gasteiger partial charge on any atom is -0.391 e. The zero-order chi connectivity index (χ0) is 21.6. The highest BCUT2D eigenvalue weighted by Crippen LogP contribution is 2.18. The van der Waals surface area contributed by atoms with Crippen molar-refractivity contribution < 1.29 is 14.4 Å². The molecule has 0 bridgehead atoms. The first-order valence-corrected chi connectivity index (χ1v) is 11.2. The molecule has 4 N–H and O–H groups in total. The summed E-state index contributed by atoms with van der Waals surface area (Å²) in [5.74, 6) is 0.515. The molecule has 174 valence electrons. The maximum atomic E-state index is 11.7. The van der Waals surface area contributed by atoms with Crippen LogP contribution < -0.4 is 11.1 Å². The number of benzene rings is 1. The highest BCUT2D eigenvalue weighted by Gasteiger charge is 2.12. The van der Waals surface area contributed by atoms with Gasteiger partial charge in [-0.1, -0.05) is 81.3 Å². The molecule has 0 aliphatic heterocycles. The molecule has 1 aromatic carbocycles. The Morgan fingerprint density at radius 1 is 1.10 bits per heavy atom. The number of rotatable bonds is 15. The number of hydrogen-bond acceptors (Lipinski definition) is 6. The van der Waals surface area contributed by atoms with E-state index >= 15 is 0 Å². The lowest BCUT2D eigenvalue weighted by Gasteiger charge is -2.06. The van der Waals surface area contributed by atoms with E-state index in [-0.39, 0.29) is 37.8 Å². The number of aryl methyl sites for hydroxylation is 1. The van der Waals surface area contributed by atoms with Gasteiger partial charge in [0.25, 0.3) is 0 Å². The Balaban J connectivity index is 0.00000480. The Morgan fingerprint density at radius 3 is 2.39 bits per heavy atom. The Hall–Kier alpha value is -1.96. The molecule has 1 heterocycles. The molecule has 0 radical (unpaired) electrons. The number of nitrogens with one attached hydrogen (secondary N) is 1. The number of carbonyl (C=O) groups excluding carboxylic acids is 1. The zero-order valence-corrected chi connectivity index (χ0v) is 19.3. The zero-order valence-electron chi connectivity index (χ0n) is 18.5. The van der Waals surface area contributed by atoms with Crippen LogP contribution in [0.1, 0.15) is 76.2 Å². The van der Waals surface area contributed by atoms with Crippen LogP contribution in [0, 0.1) is 0 Å². The molecular weight excluding hydrogens is 416 g/mol. The Morgan fingerprint density at radius 2 is 1.74 bits per heavy atom. The molecular formula is C23H37ClN4O3. The van der Waals surface area contributed by atoms with Gasteiger partial charge in [0.2, 0.25) is 17.6 Å². The third kappa shape index (κ3) is 10.8. The molecule has 0 spiro atoms. The van der Waals surface area contributed by atoms with E-state index in [0.717, 1.165) is 12.0 Å². The van der Waals surface area contributed by atoms with Gasteiger partial charge in [-0.15, -0.1) is 12.4 Å². The normalized spacial score (nSPS) is 11.7. The van der Waals surface area contributed by atoms with E-state index in [9.17, 15) is 9.90 Å². The van der Waals surface area contributed by atoms with Crippen molar-refractivity contribution in [3.63, 3.8) is 0 Å². The van der Waals surface area contributed by atoms with E-state index in [1.54, 1.807) is 0 Å². The quantitative estimate of drug-likeness (QED) is 0.349. The number of aliphatic hydroxyl groups is 1. The minimum atomic E-state index is -0.840. The molecule has 0 aliphatic rings. The van der Waals surface area contributed by atoms with Crippen LogP contribution in [0.4, 0.5) is 0 Å². The largest absolute Gasteiger partial charge is 0.391 e. The number of halogens is 1. The topological polar surface area (TPSA) is 114 Å². The van der Waals surface area contributed by atoms with Crippen LogP contribution in [0.3, 0.4) is 0 Å². The molecule has 1 amide bonds. The third-order valence-corrected chi connectivity index (χ3v) is 5.13. The van der Waals surface area contributed by atoms with Gasteiger partial charge in [-0.25, -0.2) is 0 Å². The third-order valence-electron chi connectivity index (χ3n) is 5.13. The lowest BCUT2D eigenvalue weighted by Crippen LogP contribution is -2.30. The molecule has 2 aromatic rings. The predicted molar refractivity (Wildman–Crippen MR) is 125 cm³/mol. The van der Waals surface area contributed by atoms with Gasteiger partial charge in [-0.05, 0) is 18.4 Å². The molecule has 8 heteroatoms. The van der Waals surface area contributed by atoms with Crippen molar-refractivity contribution in [3.8, 4) is 11.4 Å². The van der Waals surface area contributed by atoms with Crippen molar-refractivity contribution in [2.24, 2.45) is 5.73 Å². The van der Waals surface area contributed by atoms with E-state index in [0.29, 0.717) is 11.7 Å². The highest BCUT2D eigenvalue weighted by molar-refractivity contribution is 5.85. The summed E-state index contributed by atoms with van der Waals surface area (Å²) in [5.41, 5.74) is 7.50. The van der Waals surface area contributed by atoms with Crippen LogP contribution in [0.25, 0.3) is 11.4 Å². The smallest absolute Gasteiger partial charge is 0.246 e. The van der Waals surface area contributed by atoms with Gasteiger partial charge in [0.1, 0.15) is 0 Å². The van der Waals surface area contributed by atoms with Gasteiger partial charge < -0.3 is 20.7 Å². The van der Waals surface area contributed by atoms with Gasteiger partial charge in [0.05, 0.1) is 19.1 Å². The monoisotopic (exact) mass is 452 g/mol. The maximum absolute atomic E-state index is 11.7. The molecule has 1 unspecified atom stereocenters. The summed E-state index contributed by atoms with van der Waals surface area (Å²) in [7, 11) is 0. The first-order chi connectivity index (χ1) is 14.6. The van der Waals surface area contributed by atoms with Crippen LogP contribution in [-0.2, 0) is 17.8 Å². The predicted octanol–water partition coefficient (Wildman–Crippen LogP) is 4.17. The fourth-order valence-corrected chi connectivity index (χ4v) is 3.27. The summed E-state index contributed by atoms with van der Waals surface area (Å²) in [6.07, 6.45) is 10.8. The average Bonchev–Trinajstić information content (AvgIpc) is 3.23. The molecule has 0 saturated heterocycles. The van der Waals surface area contributed by atoms with E-state index in [1.165, 1.54) is 56.9 Å². The fourth-order valence-electron chi connectivity index (χ4n) is 3.27. The second-order valence-electron chi connectivity index (χ2n) is 7.80. The van der Waals surface area contributed by atoms with Crippen molar-refractivity contribution in [3.05, 3.63) is 35.7 Å². The summed E-state index contributed by atoms with van der Waals surface area (Å²) in [6, 6.07) is 8.24. The van der Waals surface area contributed by atoms with Gasteiger partial charge in [0, 0.05) is 12.1 Å². The van der Waals surface area contributed by atoms with Crippen LogP contribution in [-0.4, -0.2) is 33.8 Å². The van der Waals surface area contributed by atoms with E-state index in [4.69, 9.17) is 10.3 Å². The van der Waals surface area contributed by atoms with Crippen molar-refractivity contribution in [2.75, 3.05) is 6.54 Å². The lowest BCUT2D eigenvalue weighted by molar-refractivity contribution is -0.123. The van der Waals surface area contributed by atoms with Crippen LogP contribution in [0.5, 0.6) is 0 Å². The second kappa shape index (κ2) is 15.8. The number of nitrogens with two attached hydrogens (primary N) is 1. The van der Waals surface area contributed by atoms with Crippen LogP contribution >= 0.6 is 12.4 Å². The van der Waals surface area contributed by atoms with Crippen molar-refractivity contribution in [2.45, 2.75) is 83.8 Å². The second-order valence-corrected chi connectivity index (χ2v) is 7.80. The summed E-state index contributed by atoms with van der Waals surface area (Å²) in [4.78, 5) is 16.0. The molecule has 0 fully saturated rings.